The minimum Gasteiger partial charge on any atom is -0.542 e. The number of carbonyl (C=O) groups is 1. The van der Waals surface area contributed by atoms with Gasteiger partial charge in [0, 0.05) is 11.6 Å². The lowest BCUT2D eigenvalue weighted by Crippen LogP contribution is -2.24. The van der Waals surface area contributed by atoms with Gasteiger partial charge in [-0.3, -0.25) is 4.98 Å². The third-order valence-electron chi connectivity index (χ3n) is 3.75. The zero-order chi connectivity index (χ0) is 20.3. The van der Waals surface area contributed by atoms with Gasteiger partial charge in [0.05, 0.1) is 11.6 Å². The van der Waals surface area contributed by atoms with Crippen molar-refractivity contribution in [2.45, 2.75) is 19.4 Å². The van der Waals surface area contributed by atoms with Crippen molar-refractivity contribution < 1.29 is 37.3 Å². The van der Waals surface area contributed by atoms with Crippen molar-refractivity contribution in [3.63, 3.8) is 0 Å². The summed E-state index contributed by atoms with van der Waals surface area (Å²) >= 11 is 0. The molecule has 0 aliphatic heterocycles. The number of hydrogen-bond acceptors (Lipinski definition) is 6. The van der Waals surface area contributed by atoms with Crippen molar-refractivity contribution in [3.05, 3.63) is 60.3 Å². The van der Waals surface area contributed by atoms with Crippen molar-refractivity contribution in [1.82, 2.24) is 4.98 Å². The molecule has 1 aromatic heterocycles. The number of benzene rings is 2. The highest BCUT2D eigenvalue weighted by Crippen LogP contribution is 2.31. The number of halogens is 3. The highest BCUT2D eigenvalue weighted by Gasteiger charge is 2.31. The van der Waals surface area contributed by atoms with E-state index in [-0.39, 0.29) is 5.75 Å². The molecule has 0 radical (unpaired) electrons. The number of aromatic nitrogens is 1. The number of ether oxygens (including phenoxy) is 3. The molecule has 0 spiro atoms. The highest BCUT2D eigenvalue weighted by molar-refractivity contribution is 5.84. The van der Waals surface area contributed by atoms with Crippen LogP contribution in [0.5, 0.6) is 17.2 Å². The summed E-state index contributed by atoms with van der Waals surface area (Å²) in [5.74, 6) is 0.309. The van der Waals surface area contributed by atoms with Crippen LogP contribution in [0.15, 0.2) is 54.7 Å². The average Bonchev–Trinajstić information content (AvgIpc) is 2.61. The second-order valence-corrected chi connectivity index (χ2v) is 5.71. The fourth-order valence-electron chi connectivity index (χ4n) is 2.62. The van der Waals surface area contributed by atoms with Gasteiger partial charge in [-0.2, -0.15) is 0 Å². The summed E-state index contributed by atoms with van der Waals surface area (Å²) in [5, 5.41) is 11.3. The van der Waals surface area contributed by atoms with Crippen molar-refractivity contribution in [2.75, 3.05) is 0 Å². The number of carbonyl (C=O) groups excluding carboxylic acids is 1. The van der Waals surface area contributed by atoms with Gasteiger partial charge in [0.25, 0.3) is 6.16 Å². The number of alkyl halides is 3. The number of hydrogen-bond donors (Lipinski definition) is 0. The molecule has 1 heterocycles. The molecule has 3 aromatic rings. The minimum absolute atomic E-state index is 0.290. The Balaban J connectivity index is 1.85. The smallest absolute Gasteiger partial charge is 0.542 e. The van der Waals surface area contributed by atoms with Gasteiger partial charge in [-0.05, 0) is 61.0 Å². The Morgan fingerprint density at radius 2 is 1.68 bits per heavy atom. The van der Waals surface area contributed by atoms with Gasteiger partial charge < -0.3 is 24.1 Å². The second kappa shape index (κ2) is 7.63. The predicted octanol–water partition coefficient (Wildman–Crippen LogP) is 4.35. The zero-order valence-corrected chi connectivity index (χ0v) is 14.4. The van der Waals surface area contributed by atoms with Crippen LogP contribution in [-0.4, -0.2) is 17.5 Å². The molecule has 2 aromatic carbocycles. The monoisotopic (exact) mass is 392 g/mol. The first-order valence-corrected chi connectivity index (χ1v) is 8.01. The van der Waals surface area contributed by atoms with Crippen LogP contribution in [0, 0.1) is 0 Å². The van der Waals surface area contributed by atoms with Crippen molar-refractivity contribution >= 4 is 17.1 Å². The van der Waals surface area contributed by atoms with Crippen LogP contribution in [0.25, 0.3) is 10.9 Å². The summed E-state index contributed by atoms with van der Waals surface area (Å²) in [6.45, 7) is 1.55. The lowest BCUT2D eigenvalue weighted by molar-refractivity contribution is -0.287. The number of fused-ring (bicyclic) bond motifs is 1. The van der Waals surface area contributed by atoms with E-state index in [0.717, 1.165) is 12.1 Å². The Hall–Kier alpha value is -3.49. The number of nitrogens with zero attached hydrogens (tertiary/aromatic N) is 1. The molecule has 0 bridgehead atoms. The SMILES string of the molecule is CC(OC(=O)[O-])c1ccnc2ccc(Oc3ccc(OC(F)(F)F)cc3)cc12. The third-order valence-corrected chi connectivity index (χ3v) is 3.75. The number of pyridine rings is 1. The van der Waals surface area contributed by atoms with Gasteiger partial charge in [0.2, 0.25) is 0 Å². The first kappa shape index (κ1) is 19.3. The first-order valence-electron chi connectivity index (χ1n) is 8.01. The molecule has 3 rings (SSSR count). The Morgan fingerprint density at radius 3 is 2.32 bits per heavy atom. The number of carboxylic acid groups (broad SMARTS) is 1. The molecule has 9 heteroatoms. The predicted molar refractivity (Wildman–Crippen MR) is 89.8 cm³/mol. The van der Waals surface area contributed by atoms with Gasteiger partial charge in [-0.1, -0.05) is 0 Å². The maximum Gasteiger partial charge on any atom is 0.573 e. The van der Waals surface area contributed by atoms with E-state index in [0.29, 0.717) is 28.0 Å². The quantitative estimate of drug-likeness (QED) is 0.601. The van der Waals surface area contributed by atoms with Gasteiger partial charge in [0.1, 0.15) is 17.2 Å². The minimum atomic E-state index is -4.77. The van der Waals surface area contributed by atoms with E-state index in [9.17, 15) is 23.1 Å². The topological polar surface area (TPSA) is 80.7 Å². The lowest BCUT2D eigenvalue weighted by atomic mass is 10.0. The molecular weight excluding hydrogens is 379 g/mol. The van der Waals surface area contributed by atoms with E-state index in [4.69, 9.17) is 4.74 Å². The highest BCUT2D eigenvalue weighted by atomic mass is 19.4. The molecule has 0 saturated carbocycles. The maximum absolute atomic E-state index is 12.2. The van der Waals surface area contributed by atoms with Crippen LogP contribution in [-0.2, 0) is 4.74 Å². The van der Waals surface area contributed by atoms with Crippen molar-refractivity contribution in [1.29, 1.82) is 0 Å². The molecule has 1 atom stereocenters. The van der Waals surface area contributed by atoms with Crippen LogP contribution < -0.4 is 14.6 Å². The molecule has 0 fully saturated rings. The van der Waals surface area contributed by atoms with E-state index >= 15 is 0 Å². The molecular formula is C19H13F3NO5-. The molecule has 0 aliphatic carbocycles. The average molecular weight is 392 g/mol. The Bertz CT molecular complexity index is 989. The molecule has 0 saturated heterocycles. The van der Waals surface area contributed by atoms with E-state index in [1.54, 1.807) is 31.2 Å². The van der Waals surface area contributed by atoms with Crippen molar-refractivity contribution in [2.24, 2.45) is 0 Å². The molecule has 0 N–H and O–H groups in total. The Morgan fingerprint density at radius 1 is 1.04 bits per heavy atom. The summed E-state index contributed by atoms with van der Waals surface area (Å²) in [5.41, 5.74) is 1.15. The van der Waals surface area contributed by atoms with Crippen LogP contribution in [0.4, 0.5) is 18.0 Å². The Kier molecular flexibility index (Phi) is 5.25. The third kappa shape index (κ3) is 4.81. The largest absolute Gasteiger partial charge is 0.573 e. The van der Waals surface area contributed by atoms with Crippen LogP contribution in [0.3, 0.4) is 0 Å². The molecule has 0 amide bonds. The van der Waals surface area contributed by atoms with E-state index in [1.165, 1.54) is 18.3 Å². The normalized spacial score (nSPS) is 12.4. The molecule has 146 valence electrons. The fraction of sp³-hybridized carbons (Fsp3) is 0.158. The summed E-state index contributed by atoms with van der Waals surface area (Å²) in [7, 11) is 0. The Labute approximate surface area is 157 Å². The van der Waals surface area contributed by atoms with Gasteiger partial charge >= 0.3 is 6.36 Å². The van der Waals surface area contributed by atoms with Gasteiger partial charge in [-0.25, -0.2) is 0 Å². The van der Waals surface area contributed by atoms with Crippen LogP contribution in [0.1, 0.15) is 18.6 Å². The van der Waals surface area contributed by atoms with E-state index in [1.807, 2.05) is 0 Å². The summed E-state index contributed by atoms with van der Waals surface area (Å²) in [6.07, 6.45) is -5.68. The first-order chi connectivity index (χ1) is 13.2. The molecule has 0 aliphatic rings. The van der Waals surface area contributed by atoms with Crippen LogP contribution in [0.2, 0.25) is 0 Å². The van der Waals surface area contributed by atoms with Crippen LogP contribution >= 0.6 is 0 Å². The standard InChI is InChI=1S/C19H14F3NO5/c1-11(26-18(24)25)15-8-9-23-17-7-6-14(10-16(15)17)27-12-2-4-13(5-3-12)28-19(20,21)22/h2-11H,1H3,(H,24,25)/p-1. The summed E-state index contributed by atoms with van der Waals surface area (Å²) < 4.78 is 50.8. The molecule has 6 nitrogen and oxygen atoms in total. The maximum atomic E-state index is 12.2. The molecule has 1 unspecified atom stereocenters. The van der Waals surface area contributed by atoms with Gasteiger partial charge in [-0.15, -0.1) is 13.2 Å². The van der Waals surface area contributed by atoms with E-state index in [2.05, 4.69) is 14.5 Å². The summed E-state index contributed by atoms with van der Waals surface area (Å²) in [4.78, 5) is 14.9. The lowest BCUT2D eigenvalue weighted by Gasteiger charge is -2.19. The fourth-order valence-corrected chi connectivity index (χ4v) is 2.62. The zero-order valence-electron chi connectivity index (χ0n) is 14.4. The molecule has 28 heavy (non-hydrogen) atoms. The van der Waals surface area contributed by atoms with E-state index < -0.39 is 18.6 Å². The summed E-state index contributed by atoms with van der Waals surface area (Å²) in [6, 6.07) is 11.5. The number of rotatable bonds is 5. The van der Waals surface area contributed by atoms with Crippen molar-refractivity contribution in [3.8, 4) is 17.2 Å². The van der Waals surface area contributed by atoms with Gasteiger partial charge in [0.15, 0.2) is 0 Å². The second-order valence-electron chi connectivity index (χ2n) is 5.71.